The van der Waals surface area contributed by atoms with E-state index in [-0.39, 0.29) is 10.8 Å². The van der Waals surface area contributed by atoms with Crippen LogP contribution in [0.3, 0.4) is 0 Å². The molecule has 4 aliphatic rings. The Morgan fingerprint density at radius 2 is 1.94 bits per heavy atom. The van der Waals surface area contributed by atoms with E-state index >= 15 is 0 Å². The molecule has 6 heteroatoms. The van der Waals surface area contributed by atoms with Crippen molar-refractivity contribution in [3.05, 3.63) is 40.9 Å². The van der Waals surface area contributed by atoms with Gasteiger partial charge in [-0.1, -0.05) is 43.4 Å². The van der Waals surface area contributed by atoms with Gasteiger partial charge in [0.2, 0.25) is 0 Å². The number of nitrogens with one attached hydrogen (secondary N) is 1. The standard InChI is InChI=1S/C27H34N4OS/c1-26-15-13-21-24(33-25(30-21)29-20-6-4-5-7-22(20)32-3)19(26)9-8-16-17-10-11-23(31-28)27(17,2)14-12-18(16)26/h4-7,9,16-18H,8,10-15,28H2,1-3H3,(H,29,30)/b31-23+/t16-,17-,18-,26+,27-/m0/s1. The first-order valence-corrected chi connectivity index (χ1v) is 13.2. The van der Waals surface area contributed by atoms with Crippen LogP contribution >= 0.6 is 11.3 Å². The molecule has 2 aromatic rings. The lowest BCUT2D eigenvalue weighted by molar-refractivity contribution is 0.0117. The highest BCUT2D eigenvalue weighted by molar-refractivity contribution is 7.16. The quantitative estimate of drug-likeness (QED) is 0.409. The molecule has 3 N–H and O–H groups in total. The van der Waals surface area contributed by atoms with Gasteiger partial charge in [-0.3, -0.25) is 0 Å². The average Bonchev–Trinajstić information content (AvgIpc) is 3.38. The Hall–Kier alpha value is -2.34. The van der Waals surface area contributed by atoms with Crippen LogP contribution in [0.15, 0.2) is 35.4 Å². The van der Waals surface area contributed by atoms with Gasteiger partial charge in [-0.25, -0.2) is 4.98 Å². The van der Waals surface area contributed by atoms with Gasteiger partial charge in [0.15, 0.2) is 5.13 Å². The molecule has 0 spiro atoms. The number of aromatic nitrogens is 1. The molecule has 2 fully saturated rings. The molecule has 5 atom stereocenters. The van der Waals surface area contributed by atoms with E-state index in [1.807, 2.05) is 35.6 Å². The van der Waals surface area contributed by atoms with Gasteiger partial charge >= 0.3 is 0 Å². The second-order valence-corrected chi connectivity index (χ2v) is 11.8. The van der Waals surface area contributed by atoms with Crippen LogP contribution < -0.4 is 15.9 Å². The van der Waals surface area contributed by atoms with Gasteiger partial charge in [0.25, 0.3) is 0 Å². The molecule has 33 heavy (non-hydrogen) atoms. The van der Waals surface area contributed by atoms with Gasteiger partial charge in [-0.15, -0.1) is 0 Å². The predicted molar refractivity (Wildman–Crippen MR) is 136 cm³/mol. The Labute approximate surface area is 200 Å². The number of hydrogen-bond acceptors (Lipinski definition) is 6. The summed E-state index contributed by atoms with van der Waals surface area (Å²) in [6.45, 7) is 4.98. The van der Waals surface area contributed by atoms with Crippen LogP contribution in [-0.4, -0.2) is 17.8 Å². The number of thiazole rings is 1. The van der Waals surface area contributed by atoms with Crippen molar-refractivity contribution in [2.45, 2.75) is 58.8 Å². The summed E-state index contributed by atoms with van der Waals surface area (Å²) in [6.07, 6.45) is 10.9. The number of ether oxygens (including phenoxy) is 1. The predicted octanol–water partition coefficient (Wildman–Crippen LogP) is 6.39. The Morgan fingerprint density at radius 1 is 1.12 bits per heavy atom. The van der Waals surface area contributed by atoms with E-state index in [0.717, 1.165) is 47.2 Å². The zero-order valence-corrected chi connectivity index (χ0v) is 20.7. The van der Waals surface area contributed by atoms with Crippen molar-refractivity contribution in [1.29, 1.82) is 0 Å². The maximum atomic E-state index is 5.81. The fourth-order valence-electron chi connectivity index (χ4n) is 7.79. The molecule has 4 aliphatic carbocycles. The van der Waals surface area contributed by atoms with E-state index in [1.54, 1.807) is 12.7 Å². The smallest absolute Gasteiger partial charge is 0.188 e. The first-order chi connectivity index (χ1) is 16.0. The molecule has 0 radical (unpaired) electrons. The van der Waals surface area contributed by atoms with Gasteiger partial charge in [0.1, 0.15) is 5.75 Å². The van der Waals surface area contributed by atoms with Crippen molar-refractivity contribution >= 4 is 33.4 Å². The van der Waals surface area contributed by atoms with E-state index < -0.39 is 0 Å². The van der Waals surface area contributed by atoms with Crippen LogP contribution in [-0.2, 0) is 6.42 Å². The zero-order chi connectivity index (χ0) is 22.8. The third-order valence-electron chi connectivity index (χ3n) is 9.53. The maximum absolute atomic E-state index is 5.81. The average molecular weight is 463 g/mol. The monoisotopic (exact) mass is 462 g/mol. The minimum atomic E-state index is 0.216. The number of nitrogens with two attached hydrogens (primary N) is 1. The van der Waals surface area contributed by atoms with Gasteiger partial charge in [0, 0.05) is 11.1 Å². The normalized spacial score (nSPS) is 35.8. The van der Waals surface area contributed by atoms with E-state index in [9.17, 15) is 0 Å². The summed E-state index contributed by atoms with van der Waals surface area (Å²) in [6, 6.07) is 8.05. The molecule has 0 saturated heterocycles. The second kappa shape index (κ2) is 7.59. The molecule has 5 nitrogen and oxygen atoms in total. The zero-order valence-electron chi connectivity index (χ0n) is 19.9. The number of nitrogens with zero attached hydrogens (tertiary/aromatic N) is 2. The molecule has 174 valence electrons. The number of allylic oxidation sites excluding steroid dienone is 2. The van der Waals surface area contributed by atoms with Crippen LogP contribution in [0.25, 0.3) is 5.57 Å². The lowest BCUT2D eigenvalue weighted by Gasteiger charge is -2.56. The summed E-state index contributed by atoms with van der Waals surface area (Å²) in [5.41, 5.74) is 5.52. The van der Waals surface area contributed by atoms with Crippen LogP contribution in [0.2, 0.25) is 0 Å². The number of fused-ring (bicyclic) bond motifs is 7. The summed E-state index contributed by atoms with van der Waals surface area (Å²) in [7, 11) is 1.71. The number of methoxy groups -OCH3 is 1. The minimum absolute atomic E-state index is 0.216. The number of para-hydroxylation sites is 2. The number of anilines is 2. The number of aryl methyl sites for hydroxylation is 1. The third-order valence-corrected chi connectivity index (χ3v) is 10.6. The van der Waals surface area contributed by atoms with Crippen LogP contribution in [0.4, 0.5) is 10.8 Å². The highest BCUT2D eigenvalue weighted by Gasteiger charge is 2.58. The van der Waals surface area contributed by atoms with Gasteiger partial charge in [-0.2, -0.15) is 5.10 Å². The molecule has 6 rings (SSSR count). The number of benzene rings is 1. The molecule has 0 unspecified atom stereocenters. The molecular formula is C27H34N4OS. The topological polar surface area (TPSA) is 72.5 Å². The van der Waals surface area contributed by atoms with Crippen molar-refractivity contribution in [3.63, 3.8) is 0 Å². The molecular weight excluding hydrogens is 428 g/mol. The summed E-state index contributed by atoms with van der Waals surface area (Å²) in [5, 5.41) is 8.73. The first-order valence-electron chi connectivity index (χ1n) is 12.4. The lowest BCUT2D eigenvalue weighted by Crippen LogP contribution is -2.49. The van der Waals surface area contributed by atoms with Gasteiger partial charge < -0.3 is 15.9 Å². The molecule has 1 aromatic carbocycles. The minimum Gasteiger partial charge on any atom is -0.495 e. The van der Waals surface area contributed by atoms with Crippen LogP contribution in [0.1, 0.15) is 62.9 Å². The first kappa shape index (κ1) is 21.2. The Morgan fingerprint density at radius 3 is 2.76 bits per heavy atom. The van der Waals surface area contributed by atoms with E-state index in [2.05, 4.69) is 30.3 Å². The van der Waals surface area contributed by atoms with E-state index in [1.165, 1.54) is 48.4 Å². The van der Waals surface area contributed by atoms with Crippen molar-refractivity contribution in [1.82, 2.24) is 4.98 Å². The molecule has 0 bridgehead atoms. The molecule has 0 amide bonds. The fraction of sp³-hybridized carbons (Fsp3) is 0.556. The molecule has 2 saturated carbocycles. The third kappa shape index (κ3) is 3.02. The summed E-state index contributed by atoms with van der Waals surface area (Å²) >= 11 is 1.81. The summed E-state index contributed by atoms with van der Waals surface area (Å²) < 4.78 is 5.53. The van der Waals surface area contributed by atoms with Crippen LogP contribution in [0.5, 0.6) is 5.75 Å². The highest BCUT2D eigenvalue weighted by atomic mass is 32.1. The van der Waals surface area contributed by atoms with Crippen molar-refractivity contribution < 1.29 is 4.74 Å². The van der Waals surface area contributed by atoms with Crippen LogP contribution in [0, 0.1) is 28.6 Å². The number of hydrazone groups is 1. The van der Waals surface area contributed by atoms with Crippen molar-refractivity contribution in [3.8, 4) is 5.75 Å². The Bertz CT molecular complexity index is 1150. The lowest BCUT2D eigenvalue weighted by atomic mass is 9.48. The SMILES string of the molecule is COc1ccccc1Nc1nc2c(s1)C1=CC[C@@H]3[C@H](CC[C@]4(C)/C(=N/N)CC[C@@H]34)[C@@]1(C)CC2. The van der Waals surface area contributed by atoms with Crippen molar-refractivity contribution in [2.24, 2.45) is 39.5 Å². The van der Waals surface area contributed by atoms with Crippen molar-refractivity contribution in [2.75, 3.05) is 12.4 Å². The number of rotatable bonds is 3. The maximum Gasteiger partial charge on any atom is 0.188 e. The summed E-state index contributed by atoms with van der Waals surface area (Å²) in [5.74, 6) is 8.87. The van der Waals surface area contributed by atoms with Gasteiger partial charge in [0.05, 0.1) is 23.4 Å². The van der Waals surface area contributed by atoms with E-state index in [0.29, 0.717) is 0 Å². The van der Waals surface area contributed by atoms with E-state index in [4.69, 9.17) is 15.6 Å². The fourth-order valence-corrected chi connectivity index (χ4v) is 9.00. The summed E-state index contributed by atoms with van der Waals surface area (Å²) in [4.78, 5) is 6.42. The number of hydrogen-bond donors (Lipinski definition) is 2. The second-order valence-electron chi connectivity index (χ2n) is 10.8. The molecule has 0 aliphatic heterocycles. The largest absolute Gasteiger partial charge is 0.495 e. The Kier molecular flexibility index (Phi) is 4.88. The molecule has 1 heterocycles. The highest BCUT2D eigenvalue weighted by Crippen LogP contribution is 2.65. The molecule has 1 aromatic heterocycles. The van der Waals surface area contributed by atoms with Gasteiger partial charge in [-0.05, 0) is 85.8 Å². The Balaban J connectivity index is 1.33.